The van der Waals surface area contributed by atoms with Crippen LogP contribution in [0.2, 0.25) is 0 Å². The summed E-state index contributed by atoms with van der Waals surface area (Å²) in [5.41, 5.74) is 5.34. The van der Waals surface area contributed by atoms with E-state index in [1.54, 1.807) is 36.4 Å². The average molecular weight is 499 g/mol. The highest BCUT2D eigenvalue weighted by Crippen LogP contribution is 2.26. The number of hydrogen-bond donors (Lipinski definition) is 1. The van der Waals surface area contributed by atoms with Crippen molar-refractivity contribution in [2.75, 3.05) is 10.8 Å². The van der Waals surface area contributed by atoms with Gasteiger partial charge in [-0.3, -0.25) is 9.10 Å². The van der Waals surface area contributed by atoms with Gasteiger partial charge in [0.1, 0.15) is 6.54 Å². The summed E-state index contributed by atoms with van der Waals surface area (Å²) in [4.78, 5) is 13.6. The van der Waals surface area contributed by atoms with E-state index in [4.69, 9.17) is 0 Å². The summed E-state index contributed by atoms with van der Waals surface area (Å²) in [6, 6.07) is 31.0. The van der Waals surface area contributed by atoms with Crippen LogP contribution in [0.3, 0.4) is 0 Å². The van der Waals surface area contributed by atoms with Crippen LogP contribution in [-0.2, 0) is 14.8 Å². The van der Waals surface area contributed by atoms with Crippen molar-refractivity contribution in [1.82, 2.24) is 5.32 Å². The number of benzene rings is 4. The molecule has 0 aliphatic carbocycles. The van der Waals surface area contributed by atoms with Gasteiger partial charge in [0.2, 0.25) is 5.91 Å². The molecule has 4 rings (SSSR count). The van der Waals surface area contributed by atoms with Crippen LogP contribution in [0, 0.1) is 20.8 Å². The standard InChI is InChI=1S/C30H30N2O3S/c1-22-9-15-26(16-10-22)30(25-7-5-4-6-8-25)31-29(33)21-32(27-17-11-23(2)12-18-27)36(34,35)28-19-13-24(3)14-20-28/h4-20,30H,21H2,1-3H3,(H,31,33). The average Bonchev–Trinajstić information content (AvgIpc) is 2.88. The van der Waals surface area contributed by atoms with Crippen LogP contribution in [-0.4, -0.2) is 20.9 Å². The molecular formula is C30H30N2O3S. The molecule has 0 aliphatic rings. The lowest BCUT2D eigenvalue weighted by Gasteiger charge is -2.26. The normalized spacial score (nSPS) is 12.1. The summed E-state index contributed by atoms with van der Waals surface area (Å²) in [6.07, 6.45) is 0. The monoisotopic (exact) mass is 498 g/mol. The van der Waals surface area contributed by atoms with Crippen LogP contribution >= 0.6 is 0 Å². The number of carbonyl (C=O) groups excluding carboxylic acids is 1. The molecule has 0 fully saturated rings. The molecule has 184 valence electrons. The molecule has 0 aliphatic heterocycles. The predicted octanol–water partition coefficient (Wildman–Crippen LogP) is 5.71. The Hall–Kier alpha value is -3.90. The van der Waals surface area contributed by atoms with Crippen LogP contribution in [0.5, 0.6) is 0 Å². The van der Waals surface area contributed by atoms with Gasteiger partial charge in [-0.25, -0.2) is 8.42 Å². The van der Waals surface area contributed by atoms with E-state index in [0.717, 1.165) is 27.8 Å². The van der Waals surface area contributed by atoms with Crippen LogP contribution in [0.1, 0.15) is 33.9 Å². The molecule has 1 atom stereocenters. The zero-order chi connectivity index (χ0) is 25.7. The minimum Gasteiger partial charge on any atom is -0.344 e. The Morgan fingerprint density at radius 3 is 1.72 bits per heavy atom. The summed E-state index contributed by atoms with van der Waals surface area (Å²) in [6.45, 7) is 5.49. The fourth-order valence-corrected chi connectivity index (χ4v) is 5.39. The van der Waals surface area contributed by atoms with Crippen molar-refractivity contribution >= 4 is 21.6 Å². The van der Waals surface area contributed by atoms with Gasteiger partial charge in [0, 0.05) is 0 Å². The van der Waals surface area contributed by atoms with Crippen molar-refractivity contribution in [2.24, 2.45) is 0 Å². The maximum Gasteiger partial charge on any atom is 0.264 e. The fourth-order valence-electron chi connectivity index (χ4n) is 3.96. The molecule has 0 bridgehead atoms. The zero-order valence-corrected chi connectivity index (χ0v) is 21.5. The number of amides is 1. The number of rotatable bonds is 8. The van der Waals surface area contributed by atoms with Crippen molar-refractivity contribution in [1.29, 1.82) is 0 Å². The van der Waals surface area contributed by atoms with E-state index >= 15 is 0 Å². The topological polar surface area (TPSA) is 66.5 Å². The predicted molar refractivity (Wildman–Crippen MR) is 144 cm³/mol. The summed E-state index contributed by atoms with van der Waals surface area (Å²) in [7, 11) is -3.98. The first-order chi connectivity index (χ1) is 17.2. The third kappa shape index (κ3) is 5.83. The molecule has 0 saturated heterocycles. The van der Waals surface area contributed by atoms with Gasteiger partial charge in [0.05, 0.1) is 16.6 Å². The summed E-state index contributed by atoms with van der Waals surface area (Å²) in [5.74, 6) is -0.402. The third-order valence-corrected chi connectivity index (χ3v) is 7.86. The first kappa shape index (κ1) is 25.2. The van der Waals surface area contributed by atoms with Gasteiger partial charge in [0.15, 0.2) is 0 Å². The Balaban J connectivity index is 1.68. The van der Waals surface area contributed by atoms with Crippen molar-refractivity contribution in [3.05, 3.63) is 131 Å². The minimum atomic E-state index is -3.98. The molecule has 0 saturated carbocycles. The highest BCUT2D eigenvalue weighted by molar-refractivity contribution is 7.92. The van der Waals surface area contributed by atoms with Gasteiger partial charge in [-0.15, -0.1) is 0 Å². The van der Waals surface area contributed by atoms with Gasteiger partial charge in [-0.2, -0.15) is 0 Å². The fraction of sp³-hybridized carbons (Fsp3) is 0.167. The second-order valence-electron chi connectivity index (χ2n) is 8.98. The lowest BCUT2D eigenvalue weighted by molar-refractivity contribution is -0.120. The van der Waals surface area contributed by atoms with E-state index in [2.05, 4.69) is 5.32 Å². The number of aryl methyl sites for hydroxylation is 3. The first-order valence-corrected chi connectivity index (χ1v) is 13.2. The third-order valence-electron chi connectivity index (χ3n) is 6.07. The minimum absolute atomic E-state index is 0.139. The van der Waals surface area contributed by atoms with E-state index in [1.165, 1.54) is 4.31 Å². The Bertz CT molecular complexity index is 1410. The number of sulfonamides is 1. The Kier molecular flexibility index (Phi) is 7.55. The lowest BCUT2D eigenvalue weighted by atomic mass is 9.98. The maximum absolute atomic E-state index is 13.7. The van der Waals surface area contributed by atoms with E-state index in [0.29, 0.717) is 5.69 Å². The number of anilines is 1. The van der Waals surface area contributed by atoms with Crippen LogP contribution in [0.25, 0.3) is 0 Å². The molecule has 36 heavy (non-hydrogen) atoms. The smallest absolute Gasteiger partial charge is 0.264 e. The van der Waals surface area contributed by atoms with Gasteiger partial charge in [-0.1, -0.05) is 95.6 Å². The molecule has 0 aromatic heterocycles. The SMILES string of the molecule is Cc1ccc(C(NC(=O)CN(c2ccc(C)cc2)S(=O)(=O)c2ccc(C)cc2)c2ccccc2)cc1. The second-order valence-corrected chi connectivity index (χ2v) is 10.8. The molecule has 1 N–H and O–H groups in total. The number of hydrogen-bond acceptors (Lipinski definition) is 3. The molecular weight excluding hydrogens is 468 g/mol. The summed E-state index contributed by atoms with van der Waals surface area (Å²) < 4.78 is 28.5. The van der Waals surface area contributed by atoms with E-state index in [-0.39, 0.29) is 11.4 Å². The summed E-state index contributed by atoms with van der Waals surface area (Å²) in [5, 5.41) is 3.07. The Morgan fingerprint density at radius 2 is 1.17 bits per heavy atom. The molecule has 6 heteroatoms. The van der Waals surface area contributed by atoms with Crippen molar-refractivity contribution in [3.8, 4) is 0 Å². The molecule has 5 nitrogen and oxygen atoms in total. The molecule has 1 unspecified atom stereocenters. The van der Waals surface area contributed by atoms with E-state index < -0.39 is 22.0 Å². The molecule has 1 amide bonds. The van der Waals surface area contributed by atoms with Gasteiger partial charge in [0.25, 0.3) is 10.0 Å². The second kappa shape index (κ2) is 10.8. The van der Waals surface area contributed by atoms with Crippen LogP contribution in [0.15, 0.2) is 108 Å². The van der Waals surface area contributed by atoms with Gasteiger partial charge < -0.3 is 5.32 Å². The molecule has 0 heterocycles. The molecule has 0 radical (unpaired) electrons. The quantitative estimate of drug-likeness (QED) is 0.338. The van der Waals surface area contributed by atoms with Gasteiger partial charge in [-0.05, 0) is 56.2 Å². The molecule has 4 aromatic rings. The Morgan fingerprint density at radius 1 is 0.694 bits per heavy atom. The molecule has 0 spiro atoms. The van der Waals surface area contributed by atoms with Crippen LogP contribution < -0.4 is 9.62 Å². The molecule has 4 aromatic carbocycles. The number of nitrogens with one attached hydrogen (secondary N) is 1. The van der Waals surface area contributed by atoms with E-state index in [1.807, 2.05) is 87.5 Å². The highest BCUT2D eigenvalue weighted by atomic mass is 32.2. The largest absolute Gasteiger partial charge is 0.344 e. The lowest BCUT2D eigenvalue weighted by Crippen LogP contribution is -2.42. The first-order valence-electron chi connectivity index (χ1n) is 11.8. The van der Waals surface area contributed by atoms with Crippen molar-refractivity contribution < 1.29 is 13.2 Å². The Labute approximate surface area is 213 Å². The van der Waals surface area contributed by atoms with Crippen molar-refractivity contribution in [2.45, 2.75) is 31.7 Å². The van der Waals surface area contributed by atoms with Crippen LogP contribution in [0.4, 0.5) is 5.69 Å². The number of nitrogens with zero attached hydrogens (tertiary/aromatic N) is 1. The zero-order valence-electron chi connectivity index (χ0n) is 20.7. The van der Waals surface area contributed by atoms with E-state index in [9.17, 15) is 13.2 Å². The highest BCUT2D eigenvalue weighted by Gasteiger charge is 2.28. The number of carbonyl (C=O) groups is 1. The summed E-state index contributed by atoms with van der Waals surface area (Å²) >= 11 is 0. The van der Waals surface area contributed by atoms with Crippen molar-refractivity contribution in [3.63, 3.8) is 0 Å². The maximum atomic E-state index is 13.7. The van der Waals surface area contributed by atoms with Gasteiger partial charge >= 0.3 is 0 Å².